The van der Waals surface area contributed by atoms with Crippen LogP contribution in [0.1, 0.15) is 53.4 Å². The van der Waals surface area contributed by atoms with Gasteiger partial charge in [-0.15, -0.1) is 0 Å². The summed E-state index contributed by atoms with van der Waals surface area (Å²) in [7, 11) is 0. The second-order valence-electron chi connectivity index (χ2n) is 5.82. The second-order valence-corrected chi connectivity index (χ2v) is 6.25. The van der Waals surface area contributed by atoms with Gasteiger partial charge in [0.1, 0.15) is 5.60 Å². The number of hydrogen-bond acceptors (Lipinski definition) is 2. The third kappa shape index (κ3) is 5.68. The fourth-order valence-corrected chi connectivity index (χ4v) is 2.12. The summed E-state index contributed by atoms with van der Waals surface area (Å²) in [4.78, 5) is 13.8. The Kier molecular flexibility index (Phi) is 5.92. The maximum atomic E-state index is 12.1. The predicted molar refractivity (Wildman–Crippen MR) is 79.1 cm³/mol. The van der Waals surface area contributed by atoms with Crippen LogP contribution in [0.25, 0.3) is 0 Å². The topological polar surface area (TPSA) is 29.5 Å². The van der Waals surface area contributed by atoms with Crippen LogP contribution in [0.3, 0.4) is 0 Å². The lowest BCUT2D eigenvalue weighted by Crippen LogP contribution is -2.40. The monoisotopic (exact) mass is 285 g/mol. The quantitative estimate of drug-likeness (QED) is 0.693. The Morgan fingerprint density at radius 3 is 2.68 bits per heavy atom. The van der Waals surface area contributed by atoms with Gasteiger partial charge in [-0.05, 0) is 39.3 Å². The molecule has 108 valence electrons. The summed E-state index contributed by atoms with van der Waals surface area (Å²) in [6, 6.07) is -0.00102. The van der Waals surface area contributed by atoms with Crippen molar-refractivity contribution in [1.29, 1.82) is 0 Å². The molecule has 0 radical (unpaired) electrons. The molecule has 0 bridgehead atoms. The van der Waals surface area contributed by atoms with Gasteiger partial charge < -0.3 is 4.74 Å². The lowest BCUT2D eigenvalue weighted by Gasteiger charge is -2.31. The minimum absolute atomic E-state index is 0.00102. The SMILES string of the molecule is CCCCCC1C=C(Cl)C=CN1C(=O)OC(C)(C)C. The Morgan fingerprint density at radius 1 is 1.42 bits per heavy atom. The Morgan fingerprint density at radius 2 is 2.11 bits per heavy atom. The number of unbranched alkanes of at least 4 members (excludes halogenated alkanes) is 2. The van der Waals surface area contributed by atoms with Gasteiger partial charge in [-0.2, -0.15) is 0 Å². The van der Waals surface area contributed by atoms with Crippen LogP contribution in [0.5, 0.6) is 0 Å². The molecule has 0 aromatic carbocycles. The molecule has 0 saturated carbocycles. The number of halogens is 1. The van der Waals surface area contributed by atoms with E-state index < -0.39 is 5.60 Å². The first kappa shape index (κ1) is 16.1. The van der Waals surface area contributed by atoms with E-state index in [1.807, 2.05) is 26.8 Å². The average molecular weight is 286 g/mol. The largest absolute Gasteiger partial charge is 0.443 e. The molecule has 1 aliphatic rings. The Balaban J connectivity index is 2.68. The van der Waals surface area contributed by atoms with Crippen LogP contribution < -0.4 is 0 Å². The summed E-state index contributed by atoms with van der Waals surface area (Å²) in [5.41, 5.74) is -0.482. The molecule has 19 heavy (non-hydrogen) atoms. The minimum Gasteiger partial charge on any atom is -0.443 e. The highest BCUT2D eigenvalue weighted by molar-refractivity contribution is 6.31. The van der Waals surface area contributed by atoms with Gasteiger partial charge in [0.25, 0.3) is 0 Å². The van der Waals surface area contributed by atoms with Gasteiger partial charge in [-0.3, -0.25) is 4.90 Å². The zero-order chi connectivity index (χ0) is 14.5. The number of hydrogen-bond donors (Lipinski definition) is 0. The Bertz CT molecular complexity index is 369. The predicted octanol–water partition coefficient (Wildman–Crippen LogP) is 4.82. The molecule has 0 spiro atoms. The fourth-order valence-electron chi connectivity index (χ4n) is 1.92. The van der Waals surface area contributed by atoms with E-state index in [1.54, 1.807) is 17.2 Å². The average Bonchev–Trinajstić information content (AvgIpc) is 2.27. The second kappa shape index (κ2) is 6.99. The molecule has 0 aliphatic carbocycles. The fraction of sp³-hybridized carbons (Fsp3) is 0.667. The van der Waals surface area contributed by atoms with Crippen molar-refractivity contribution in [3.05, 3.63) is 23.4 Å². The van der Waals surface area contributed by atoms with Gasteiger partial charge >= 0.3 is 6.09 Å². The molecular weight excluding hydrogens is 262 g/mol. The number of carbonyl (C=O) groups is 1. The van der Waals surface area contributed by atoms with Crippen molar-refractivity contribution < 1.29 is 9.53 Å². The molecule has 1 rings (SSSR count). The first-order chi connectivity index (χ1) is 8.83. The molecule has 1 aliphatic heterocycles. The summed E-state index contributed by atoms with van der Waals surface area (Å²) in [5, 5.41) is 0.682. The normalized spacial score (nSPS) is 19.3. The summed E-state index contributed by atoms with van der Waals surface area (Å²) >= 11 is 6.02. The van der Waals surface area contributed by atoms with Crippen LogP contribution in [0.2, 0.25) is 0 Å². The molecule has 0 saturated heterocycles. The van der Waals surface area contributed by atoms with Gasteiger partial charge in [-0.1, -0.05) is 37.8 Å². The molecule has 1 amide bonds. The zero-order valence-electron chi connectivity index (χ0n) is 12.3. The number of carbonyl (C=O) groups excluding carboxylic acids is 1. The molecule has 1 heterocycles. The van der Waals surface area contributed by atoms with Crippen molar-refractivity contribution in [2.75, 3.05) is 0 Å². The standard InChI is InChI=1S/C15H24ClNO2/c1-5-6-7-8-13-11-12(16)9-10-17(13)14(18)19-15(2,3)4/h9-11,13H,5-8H2,1-4H3. The number of ether oxygens (including phenoxy) is 1. The smallest absolute Gasteiger partial charge is 0.414 e. The van der Waals surface area contributed by atoms with E-state index >= 15 is 0 Å². The van der Waals surface area contributed by atoms with Crippen molar-refractivity contribution in [2.45, 2.75) is 65.0 Å². The van der Waals surface area contributed by atoms with Gasteiger partial charge in [0.2, 0.25) is 0 Å². The molecular formula is C15H24ClNO2. The van der Waals surface area contributed by atoms with E-state index in [2.05, 4.69) is 6.92 Å². The third-order valence-electron chi connectivity index (χ3n) is 2.81. The molecule has 0 aromatic rings. The molecule has 0 fully saturated rings. The number of nitrogens with zero attached hydrogens (tertiary/aromatic N) is 1. The number of allylic oxidation sites excluding steroid dienone is 2. The number of rotatable bonds is 4. The van der Waals surface area contributed by atoms with Crippen molar-refractivity contribution in [2.24, 2.45) is 0 Å². The first-order valence-corrected chi connectivity index (χ1v) is 7.28. The molecule has 3 nitrogen and oxygen atoms in total. The lowest BCUT2D eigenvalue weighted by molar-refractivity contribution is 0.0288. The van der Waals surface area contributed by atoms with E-state index in [4.69, 9.17) is 16.3 Å². The highest BCUT2D eigenvalue weighted by Crippen LogP contribution is 2.23. The first-order valence-electron chi connectivity index (χ1n) is 6.90. The van der Waals surface area contributed by atoms with Crippen molar-refractivity contribution in [1.82, 2.24) is 4.90 Å². The zero-order valence-corrected chi connectivity index (χ0v) is 13.0. The van der Waals surface area contributed by atoms with Crippen LogP contribution in [0.4, 0.5) is 4.79 Å². The van der Waals surface area contributed by atoms with Gasteiger partial charge in [0.15, 0.2) is 0 Å². The summed E-state index contributed by atoms with van der Waals surface area (Å²) in [6.07, 6.45) is 9.35. The molecule has 0 aromatic heterocycles. The van der Waals surface area contributed by atoms with Crippen molar-refractivity contribution in [3.8, 4) is 0 Å². The van der Waals surface area contributed by atoms with E-state index in [0.717, 1.165) is 25.7 Å². The van der Waals surface area contributed by atoms with E-state index in [-0.39, 0.29) is 12.1 Å². The van der Waals surface area contributed by atoms with Crippen molar-refractivity contribution >= 4 is 17.7 Å². The van der Waals surface area contributed by atoms with E-state index in [0.29, 0.717) is 5.03 Å². The minimum atomic E-state index is -0.482. The van der Waals surface area contributed by atoms with Gasteiger partial charge in [0, 0.05) is 11.2 Å². The van der Waals surface area contributed by atoms with Crippen LogP contribution in [0.15, 0.2) is 23.4 Å². The van der Waals surface area contributed by atoms with Crippen LogP contribution >= 0.6 is 11.6 Å². The highest BCUT2D eigenvalue weighted by Gasteiger charge is 2.27. The highest BCUT2D eigenvalue weighted by atomic mass is 35.5. The van der Waals surface area contributed by atoms with Gasteiger partial charge in [0.05, 0.1) is 6.04 Å². The lowest BCUT2D eigenvalue weighted by atomic mass is 10.1. The van der Waals surface area contributed by atoms with E-state index in [9.17, 15) is 4.79 Å². The number of amides is 1. The Labute approximate surface area is 121 Å². The van der Waals surface area contributed by atoms with Crippen LogP contribution in [-0.2, 0) is 4.74 Å². The maximum absolute atomic E-state index is 12.1. The van der Waals surface area contributed by atoms with Gasteiger partial charge in [-0.25, -0.2) is 4.79 Å². The Hall–Kier alpha value is -0.960. The van der Waals surface area contributed by atoms with E-state index in [1.165, 1.54) is 0 Å². The van der Waals surface area contributed by atoms with Crippen LogP contribution in [-0.4, -0.2) is 22.6 Å². The maximum Gasteiger partial charge on any atom is 0.414 e. The third-order valence-corrected chi connectivity index (χ3v) is 3.06. The molecule has 1 atom stereocenters. The van der Waals surface area contributed by atoms with Crippen LogP contribution in [0, 0.1) is 0 Å². The molecule has 0 N–H and O–H groups in total. The molecule has 1 unspecified atom stereocenters. The van der Waals surface area contributed by atoms with Crippen molar-refractivity contribution in [3.63, 3.8) is 0 Å². The summed E-state index contributed by atoms with van der Waals surface area (Å²) in [5.74, 6) is 0. The molecule has 4 heteroatoms. The summed E-state index contributed by atoms with van der Waals surface area (Å²) < 4.78 is 5.41. The summed E-state index contributed by atoms with van der Waals surface area (Å²) in [6.45, 7) is 7.77.